The zero-order chi connectivity index (χ0) is 21.0. The summed E-state index contributed by atoms with van der Waals surface area (Å²) in [5, 5.41) is 11.9. The van der Waals surface area contributed by atoms with Crippen LogP contribution in [0, 0.1) is 19.8 Å². The van der Waals surface area contributed by atoms with Gasteiger partial charge in [-0.1, -0.05) is 18.2 Å². The Balaban J connectivity index is 1.58. The molecule has 1 fully saturated rings. The first-order valence-electron chi connectivity index (χ1n) is 9.82. The number of carbonyl (C=O) groups excluding carboxylic acids is 2. The quantitative estimate of drug-likeness (QED) is 0.814. The Labute approximate surface area is 170 Å². The van der Waals surface area contributed by atoms with Gasteiger partial charge in [-0.15, -0.1) is 0 Å². The van der Waals surface area contributed by atoms with Crippen molar-refractivity contribution in [3.8, 4) is 0 Å². The number of amides is 2. The summed E-state index contributed by atoms with van der Waals surface area (Å²) in [5.41, 5.74) is 4.39. The lowest BCUT2D eigenvalue weighted by atomic mass is 9.96. The largest absolute Gasteiger partial charge is 0.481 e. The van der Waals surface area contributed by atoms with Crippen LogP contribution in [0.1, 0.15) is 39.9 Å². The molecule has 6 heteroatoms. The van der Waals surface area contributed by atoms with E-state index in [0.717, 1.165) is 16.7 Å². The van der Waals surface area contributed by atoms with Gasteiger partial charge in [-0.05, 0) is 67.6 Å². The summed E-state index contributed by atoms with van der Waals surface area (Å²) in [6.07, 6.45) is 1.26. The van der Waals surface area contributed by atoms with E-state index in [-0.39, 0.29) is 17.7 Å². The van der Waals surface area contributed by atoms with E-state index in [9.17, 15) is 14.4 Å². The van der Waals surface area contributed by atoms with Crippen LogP contribution in [0.5, 0.6) is 0 Å². The molecule has 6 nitrogen and oxygen atoms in total. The summed E-state index contributed by atoms with van der Waals surface area (Å²) in [7, 11) is 0. The van der Waals surface area contributed by atoms with Crippen LogP contribution in [0.2, 0.25) is 0 Å². The lowest BCUT2D eigenvalue weighted by molar-refractivity contribution is -0.143. The third-order valence-corrected chi connectivity index (χ3v) is 5.53. The number of aliphatic carboxylic acids is 1. The summed E-state index contributed by atoms with van der Waals surface area (Å²) < 4.78 is 0. The molecule has 0 radical (unpaired) electrons. The second-order valence-electron chi connectivity index (χ2n) is 7.58. The molecule has 0 saturated carbocycles. The van der Waals surface area contributed by atoms with E-state index < -0.39 is 5.97 Å². The van der Waals surface area contributed by atoms with Crippen molar-refractivity contribution >= 4 is 23.5 Å². The van der Waals surface area contributed by atoms with Crippen molar-refractivity contribution in [1.29, 1.82) is 0 Å². The van der Waals surface area contributed by atoms with Gasteiger partial charge in [0.25, 0.3) is 5.91 Å². The molecule has 0 atom stereocenters. The molecule has 152 valence electrons. The molecular formula is C23H26N2O4. The molecule has 2 aromatic rings. The van der Waals surface area contributed by atoms with Gasteiger partial charge in [0.05, 0.1) is 12.3 Å². The number of hydrogen-bond donors (Lipinski definition) is 2. The molecule has 0 aliphatic carbocycles. The van der Waals surface area contributed by atoms with E-state index in [1.54, 1.807) is 29.2 Å². The highest BCUT2D eigenvalue weighted by Crippen LogP contribution is 2.20. The molecule has 0 bridgehead atoms. The lowest BCUT2D eigenvalue weighted by Gasteiger charge is -2.30. The fourth-order valence-corrected chi connectivity index (χ4v) is 3.70. The number of nitrogens with one attached hydrogen (secondary N) is 1. The Morgan fingerprint density at radius 1 is 1.00 bits per heavy atom. The Morgan fingerprint density at radius 3 is 2.14 bits per heavy atom. The average Bonchev–Trinajstić information content (AvgIpc) is 2.71. The van der Waals surface area contributed by atoms with Crippen molar-refractivity contribution in [3.05, 3.63) is 64.7 Å². The summed E-state index contributed by atoms with van der Waals surface area (Å²) in [4.78, 5) is 37.8. The van der Waals surface area contributed by atoms with Crippen LogP contribution in [0.3, 0.4) is 0 Å². The molecule has 3 rings (SSSR count). The van der Waals surface area contributed by atoms with Gasteiger partial charge in [-0.3, -0.25) is 14.4 Å². The summed E-state index contributed by atoms with van der Waals surface area (Å²) in [6, 6.07) is 12.8. The number of nitrogens with zero attached hydrogens (tertiary/aromatic N) is 1. The van der Waals surface area contributed by atoms with Crippen LogP contribution in [0.4, 0.5) is 5.69 Å². The lowest BCUT2D eigenvalue weighted by Crippen LogP contribution is -2.40. The van der Waals surface area contributed by atoms with Crippen molar-refractivity contribution in [2.75, 3.05) is 18.4 Å². The molecule has 1 aliphatic heterocycles. The van der Waals surface area contributed by atoms with Gasteiger partial charge < -0.3 is 15.3 Å². The first kappa shape index (κ1) is 20.6. The van der Waals surface area contributed by atoms with Gasteiger partial charge in [0, 0.05) is 24.3 Å². The third kappa shape index (κ3) is 5.02. The molecule has 1 aliphatic rings. The second kappa shape index (κ2) is 8.90. The number of aryl methyl sites for hydroxylation is 2. The topological polar surface area (TPSA) is 86.7 Å². The fourth-order valence-electron chi connectivity index (χ4n) is 3.70. The number of carbonyl (C=O) groups is 3. The maximum atomic E-state index is 12.6. The number of piperidine rings is 1. The number of carboxylic acid groups (broad SMARTS) is 1. The molecule has 0 unspecified atom stereocenters. The SMILES string of the molecule is Cc1cccc(C)c1CC(=O)Nc1ccc(C(=O)N2CCC(C(=O)O)CC2)cc1. The van der Waals surface area contributed by atoms with Gasteiger partial charge in [0.15, 0.2) is 0 Å². The number of carboxylic acids is 1. The van der Waals surface area contributed by atoms with Gasteiger partial charge in [0.2, 0.25) is 5.91 Å². The van der Waals surface area contributed by atoms with Crippen LogP contribution < -0.4 is 5.32 Å². The number of rotatable bonds is 5. The van der Waals surface area contributed by atoms with Crippen molar-refractivity contribution in [3.63, 3.8) is 0 Å². The summed E-state index contributed by atoms with van der Waals surface area (Å²) >= 11 is 0. The molecule has 0 aromatic heterocycles. The van der Waals surface area contributed by atoms with Crippen LogP contribution >= 0.6 is 0 Å². The van der Waals surface area contributed by atoms with Crippen LogP contribution in [0.25, 0.3) is 0 Å². The van der Waals surface area contributed by atoms with Gasteiger partial charge in [0.1, 0.15) is 0 Å². The monoisotopic (exact) mass is 394 g/mol. The van der Waals surface area contributed by atoms with Crippen molar-refractivity contribution in [2.24, 2.45) is 5.92 Å². The van der Waals surface area contributed by atoms with Gasteiger partial charge >= 0.3 is 5.97 Å². The minimum absolute atomic E-state index is 0.0998. The fraction of sp³-hybridized carbons (Fsp3) is 0.348. The van der Waals surface area contributed by atoms with Crippen LogP contribution in [0.15, 0.2) is 42.5 Å². The molecule has 0 spiro atoms. The molecule has 1 heterocycles. The van der Waals surface area contributed by atoms with E-state index in [2.05, 4.69) is 5.32 Å². The summed E-state index contributed by atoms with van der Waals surface area (Å²) in [5.74, 6) is -1.37. The Hall–Kier alpha value is -3.15. The standard InChI is InChI=1S/C23H26N2O4/c1-15-4-3-5-16(2)20(15)14-21(26)24-19-8-6-17(7-9-19)22(27)25-12-10-18(11-13-25)23(28)29/h3-9,18H,10-14H2,1-2H3,(H,24,26)(H,28,29). The summed E-state index contributed by atoms with van der Waals surface area (Å²) in [6.45, 7) is 4.89. The normalized spacial score (nSPS) is 14.5. The Morgan fingerprint density at radius 2 is 1.59 bits per heavy atom. The maximum Gasteiger partial charge on any atom is 0.306 e. The minimum Gasteiger partial charge on any atom is -0.481 e. The molecule has 2 amide bonds. The minimum atomic E-state index is -0.793. The van der Waals surface area contributed by atoms with E-state index in [1.165, 1.54) is 0 Å². The molecule has 29 heavy (non-hydrogen) atoms. The van der Waals surface area contributed by atoms with Crippen molar-refractivity contribution < 1.29 is 19.5 Å². The molecular weight excluding hydrogens is 368 g/mol. The highest BCUT2D eigenvalue weighted by atomic mass is 16.4. The van der Waals surface area contributed by atoms with Crippen molar-refractivity contribution in [1.82, 2.24) is 4.90 Å². The number of likely N-dealkylation sites (tertiary alicyclic amines) is 1. The second-order valence-corrected chi connectivity index (χ2v) is 7.58. The van der Waals surface area contributed by atoms with Gasteiger partial charge in [-0.25, -0.2) is 0 Å². The number of anilines is 1. The third-order valence-electron chi connectivity index (χ3n) is 5.53. The molecule has 2 aromatic carbocycles. The van der Waals surface area contributed by atoms with E-state index in [1.807, 2.05) is 32.0 Å². The van der Waals surface area contributed by atoms with E-state index >= 15 is 0 Å². The zero-order valence-electron chi connectivity index (χ0n) is 16.8. The van der Waals surface area contributed by atoms with E-state index in [4.69, 9.17) is 5.11 Å². The first-order chi connectivity index (χ1) is 13.8. The number of benzene rings is 2. The highest BCUT2D eigenvalue weighted by Gasteiger charge is 2.27. The first-order valence-corrected chi connectivity index (χ1v) is 9.82. The van der Waals surface area contributed by atoms with Crippen molar-refractivity contribution in [2.45, 2.75) is 33.1 Å². The highest BCUT2D eigenvalue weighted by molar-refractivity contribution is 5.96. The predicted molar refractivity (Wildman–Crippen MR) is 111 cm³/mol. The molecule has 2 N–H and O–H groups in total. The maximum absolute atomic E-state index is 12.6. The Kier molecular flexibility index (Phi) is 6.32. The smallest absolute Gasteiger partial charge is 0.306 e. The average molecular weight is 394 g/mol. The zero-order valence-corrected chi connectivity index (χ0v) is 16.8. The van der Waals surface area contributed by atoms with Gasteiger partial charge in [-0.2, -0.15) is 0 Å². The number of hydrogen-bond acceptors (Lipinski definition) is 3. The van der Waals surface area contributed by atoms with Crippen LogP contribution in [-0.2, 0) is 16.0 Å². The van der Waals surface area contributed by atoms with Crippen LogP contribution in [-0.4, -0.2) is 40.9 Å². The Bertz CT molecular complexity index is 893. The van der Waals surface area contributed by atoms with E-state index in [0.29, 0.717) is 43.6 Å². The molecule has 1 saturated heterocycles. The predicted octanol–water partition coefficient (Wildman–Crippen LogP) is 3.42.